The van der Waals surface area contributed by atoms with E-state index in [0.29, 0.717) is 5.89 Å². The SMILES string of the molecule is Cc1ccc(SCC(=O)Nc2nnc(-c3ccc(C)c(C)c3)o2)cc1. The number of amides is 1. The molecular formula is C19H19N3O2S. The first kappa shape index (κ1) is 17.2. The molecule has 0 aliphatic rings. The van der Waals surface area contributed by atoms with Gasteiger partial charge >= 0.3 is 6.01 Å². The minimum Gasteiger partial charge on any atom is -0.403 e. The van der Waals surface area contributed by atoms with Crippen LogP contribution in [0.2, 0.25) is 0 Å². The molecule has 0 spiro atoms. The van der Waals surface area contributed by atoms with Crippen molar-refractivity contribution < 1.29 is 9.21 Å². The Kier molecular flexibility index (Phi) is 5.19. The quantitative estimate of drug-likeness (QED) is 0.689. The zero-order valence-corrected chi connectivity index (χ0v) is 15.2. The molecule has 2 aromatic carbocycles. The van der Waals surface area contributed by atoms with Crippen LogP contribution in [0, 0.1) is 20.8 Å². The van der Waals surface area contributed by atoms with Crippen molar-refractivity contribution in [2.45, 2.75) is 25.7 Å². The third kappa shape index (κ3) is 4.48. The van der Waals surface area contributed by atoms with Crippen molar-refractivity contribution in [2.24, 2.45) is 0 Å². The van der Waals surface area contributed by atoms with Crippen molar-refractivity contribution in [3.05, 3.63) is 59.2 Å². The molecule has 0 radical (unpaired) electrons. The predicted octanol–water partition coefficient (Wildman–Crippen LogP) is 4.39. The number of carbonyl (C=O) groups excluding carboxylic acids is 1. The summed E-state index contributed by atoms with van der Waals surface area (Å²) in [6.45, 7) is 6.11. The Morgan fingerprint density at radius 3 is 2.52 bits per heavy atom. The van der Waals surface area contributed by atoms with Crippen molar-refractivity contribution in [3.8, 4) is 11.5 Å². The van der Waals surface area contributed by atoms with Crippen LogP contribution in [0.15, 0.2) is 51.8 Å². The maximum absolute atomic E-state index is 12.0. The van der Waals surface area contributed by atoms with Crippen molar-refractivity contribution in [1.82, 2.24) is 10.2 Å². The molecule has 3 aromatic rings. The molecule has 0 saturated carbocycles. The zero-order valence-electron chi connectivity index (χ0n) is 14.4. The van der Waals surface area contributed by atoms with E-state index < -0.39 is 0 Å². The lowest BCUT2D eigenvalue weighted by Crippen LogP contribution is -2.14. The first-order valence-corrected chi connectivity index (χ1v) is 8.90. The lowest BCUT2D eigenvalue weighted by Gasteiger charge is -2.02. The molecule has 1 N–H and O–H groups in total. The normalized spacial score (nSPS) is 10.7. The summed E-state index contributed by atoms with van der Waals surface area (Å²) >= 11 is 1.46. The molecule has 1 aromatic heterocycles. The van der Waals surface area contributed by atoms with E-state index in [-0.39, 0.29) is 17.7 Å². The second-order valence-corrected chi connectivity index (χ2v) is 6.91. The molecule has 0 atom stereocenters. The van der Waals surface area contributed by atoms with Gasteiger partial charge in [0.2, 0.25) is 11.8 Å². The fourth-order valence-corrected chi connectivity index (χ4v) is 2.90. The van der Waals surface area contributed by atoms with E-state index >= 15 is 0 Å². The maximum atomic E-state index is 12.0. The Balaban J connectivity index is 1.59. The Labute approximate surface area is 150 Å². The molecule has 0 bridgehead atoms. The lowest BCUT2D eigenvalue weighted by atomic mass is 10.1. The third-order valence-electron chi connectivity index (χ3n) is 3.82. The smallest absolute Gasteiger partial charge is 0.322 e. The van der Waals surface area contributed by atoms with Gasteiger partial charge in [-0.05, 0) is 56.2 Å². The third-order valence-corrected chi connectivity index (χ3v) is 4.83. The summed E-state index contributed by atoms with van der Waals surface area (Å²) in [5.41, 5.74) is 4.38. The highest BCUT2D eigenvalue weighted by molar-refractivity contribution is 8.00. The molecule has 0 aliphatic heterocycles. The molecule has 0 unspecified atom stereocenters. The Morgan fingerprint density at radius 1 is 1.04 bits per heavy atom. The number of carbonyl (C=O) groups is 1. The lowest BCUT2D eigenvalue weighted by molar-refractivity contribution is -0.113. The molecule has 1 heterocycles. The van der Waals surface area contributed by atoms with E-state index in [4.69, 9.17) is 4.42 Å². The largest absolute Gasteiger partial charge is 0.403 e. The summed E-state index contributed by atoms with van der Waals surface area (Å²) in [5, 5.41) is 10.5. The average Bonchev–Trinajstić information content (AvgIpc) is 3.05. The van der Waals surface area contributed by atoms with Crippen molar-refractivity contribution in [1.29, 1.82) is 0 Å². The standard InChI is InChI=1S/C19H19N3O2S/c1-12-4-8-16(9-5-12)25-11-17(23)20-19-22-21-18(24-19)15-7-6-13(2)14(3)10-15/h4-10H,11H2,1-3H3,(H,20,22,23). The van der Waals surface area contributed by atoms with Crippen LogP contribution in [0.3, 0.4) is 0 Å². The van der Waals surface area contributed by atoms with Crippen LogP contribution in [-0.2, 0) is 4.79 Å². The number of hydrogen-bond donors (Lipinski definition) is 1. The van der Waals surface area contributed by atoms with Gasteiger partial charge in [-0.25, -0.2) is 0 Å². The van der Waals surface area contributed by atoms with Gasteiger partial charge in [-0.2, -0.15) is 0 Å². The Hall–Kier alpha value is -2.60. The van der Waals surface area contributed by atoms with Crippen LogP contribution in [-0.4, -0.2) is 21.9 Å². The molecule has 5 nitrogen and oxygen atoms in total. The van der Waals surface area contributed by atoms with Crippen LogP contribution in [0.5, 0.6) is 0 Å². The van der Waals surface area contributed by atoms with Gasteiger partial charge in [-0.3, -0.25) is 10.1 Å². The number of aromatic nitrogens is 2. The van der Waals surface area contributed by atoms with Gasteiger partial charge in [-0.15, -0.1) is 16.9 Å². The molecular weight excluding hydrogens is 334 g/mol. The van der Waals surface area contributed by atoms with Gasteiger partial charge in [0.25, 0.3) is 0 Å². The molecule has 3 rings (SSSR count). The zero-order chi connectivity index (χ0) is 17.8. The molecule has 1 amide bonds. The Morgan fingerprint density at radius 2 is 1.80 bits per heavy atom. The predicted molar refractivity (Wildman–Crippen MR) is 99.7 cm³/mol. The van der Waals surface area contributed by atoms with Crippen LogP contribution in [0.4, 0.5) is 6.01 Å². The number of nitrogens with zero attached hydrogens (tertiary/aromatic N) is 2. The molecule has 128 valence electrons. The van der Waals surface area contributed by atoms with Gasteiger partial charge in [0.15, 0.2) is 0 Å². The van der Waals surface area contributed by atoms with E-state index in [2.05, 4.69) is 15.5 Å². The van der Waals surface area contributed by atoms with Crippen molar-refractivity contribution >= 4 is 23.7 Å². The fraction of sp³-hybridized carbons (Fsp3) is 0.211. The molecule has 25 heavy (non-hydrogen) atoms. The van der Waals surface area contributed by atoms with Crippen LogP contribution in [0.25, 0.3) is 11.5 Å². The number of hydrogen-bond acceptors (Lipinski definition) is 5. The number of aryl methyl sites for hydroxylation is 3. The summed E-state index contributed by atoms with van der Waals surface area (Å²) < 4.78 is 5.54. The highest BCUT2D eigenvalue weighted by Crippen LogP contribution is 2.23. The van der Waals surface area contributed by atoms with Crippen molar-refractivity contribution in [2.75, 3.05) is 11.1 Å². The average molecular weight is 353 g/mol. The van der Waals surface area contributed by atoms with E-state index in [0.717, 1.165) is 16.0 Å². The van der Waals surface area contributed by atoms with E-state index in [9.17, 15) is 4.79 Å². The minimum atomic E-state index is -0.180. The second kappa shape index (κ2) is 7.53. The fourth-order valence-electron chi connectivity index (χ4n) is 2.20. The van der Waals surface area contributed by atoms with Gasteiger partial charge in [-0.1, -0.05) is 28.9 Å². The molecule has 0 fully saturated rings. The van der Waals surface area contributed by atoms with Crippen molar-refractivity contribution in [3.63, 3.8) is 0 Å². The first-order chi connectivity index (χ1) is 12.0. The first-order valence-electron chi connectivity index (χ1n) is 7.92. The summed E-state index contributed by atoms with van der Waals surface area (Å²) in [5.74, 6) is 0.496. The minimum absolute atomic E-state index is 0.114. The Bertz CT molecular complexity index is 888. The number of thioether (sulfide) groups is 1. The molecule has 0 saturated heterocycles. The number of nitrogens with one attached hydrogen (secondary N) is 1. The van der Waals surface area contributed by atoms with Crippen LogP contribution in [0.1, 0.15) is 16.7 Å². The maximum Gasteiger partial charge on any atom is 0.322 e. The highest BCUT2D eigenvalue weighted by Gasteiger charge is 2.12. The summed E-state index contributed by atoms with van der Waals surface area (Å²) in [6.07, 6.45) is 0. The number of rotatable bonds is 5. The summed E-state index contributed by atoms with van der Waals surface area (Å²) in [4.78, 5) is 13.1. The highest BCUT2D eigenvalue weighted by atomic mass is 32.2. The molecule has 0 aliphatic carbocycles. The van der Waals surface area contributed by atoms with E-state index in [1.54, 1.807) is 0 Å². The van der Waals surface area contributed by atoms with Crippen LogP contribution >= 0.6 is 11.8 Å². The summed E-state index contributed by atoms with van der Waals surface area (Å²) in [7, 11) is 0. The number of anilines is 1. The van der Waals surface area contributed by atoms with Gasteiger partial charge < -0.3 is 4.42 Å². The van der Waals surface area contributed by atoms with Gasteiger partial charge in [0, 0.05) is 10.5 Å². The molecule has 6 heteroatoms. The van der Waals surface area contributed by atoms with E-state index in [1.165, 1.54) is 22.9 Å². The van der Waals surface area contributed by atoms with Crippen LogP contribution < -0.4 is 5.32 Å². The van der Waals surface area contributed by atoms with Gasteiger partial charge in [0.05, 0.1) is 5.75 Å². The van der Waals surface area contributed by atoms with E-state index in [1.807, 2.05) is 63.2 Å². The van der Waals surface area contributed by atoms with Gasteiger partial charge in [0.1, 0.15) is 0 Å². The number of benzene rings is 2. The second-order valence-electron chi connectivity index (χ2n) is 5.86. The summed E-state index contributed by atoms with van der Waals surface area (Å²) in [6, 6.07) is 14.1. The monoisotopic (exact) mass is 353 g/mol. The topological polar surface area (TPSA) is 68.0 Å².